The molecule has 2 nitrogen and oxygen atoms in total. The molecular formula is C14H14ClNO. The molecule has 1 heterocycles. The van der Waals surface area contributed by atoms with Crippen molar-refractivity contribution in [2.45, 2.75) is 19.4 Å². The highest BCUT2D eigenvalue weighted by atomic mass is 35.5. The highest BCUT2D eigenvalue weighted by Gasteiger charge is 2.15. The predicted molar refractivity (Wildman–Crippen MR) is 69.1 cm³/mol. The van der Waals surface area contributed by atoms with Gasteiger partial charge in [0.2, 0.25) is 0 Å². The van der Waals surface area contributed by atoms with E-state index in [1.54, 1.807) is 18.5 Å². The second-order valence-electron chi connectivity index (χ2n) is 3.85. The number of aliphatic hydroxyl groups is 1. The molecule has 0 aliphatic carbocycles. The van der Waals surface area contributed by atoms with Gasteiger partial charge in [-0.2, -0.15) is 0 Å². The van der Waals surface area contributed by atoms with Crippen molar-refractivity contribution in [1.82, 2.24) is 4.98 Å². The monoisotopic (exact) mass is 247 g/mol. The summed E-state index contributed by atoms with van der Waals surface area (Å²) in [6.45, 7) is 2.04. The standard InChI is InChI=1S/C14H14ClNO/c1-2-10-9-16-8-7-11(10)14(17)12-5-3-4-6-13(12)15/h3-9,14,17H,2H2,1H3. The van der Waals surface area contributed by atoms with Crippen LogP contribution < -0.4 is 0 Å². The van der Waals surface area contributed by atoms with Gasteiger partial charge in [0.15, 0.2) is 0 Å². The Morgan fingerprint density at radius 1 is 1.24 bits per heavy atom. The van der Waals surface area contributed by atoms with Gasteiger partial charge >= 0.3 is 0 Å². The molecule has 1 aromatic heterocycles. The second kappa shape index (κ2) is 5.30. The molecule has 2 aromatic rings. The van der Waals surface area contributed by atoms with Crippen LogP contribution in [0.3, 0.4) is 0 Å². The third-order valence-corrected chi connectivity index (χ3v) is 3.16. The minimum atomic E-state index is -0.693. The molecule has 2 rings (SSSR count). The van der Waals surface area contributed by atoms with Crippen LogP contribution in [0.25, 0.3) is 0 Å². The molecule has 1 unspecified atom stereocenters. The third kappa shape index (κ3) is 2.48. The second-order valence-corrected chi connectivity index (χ2v) is 4.26. The fourth-order valence-electron chi connectivity index (χ4n) is 1.86. The Bertz CT molecular complexity index is 513. The smallest absolute Gasteiger partial charge is 0.106 e. The summed E-state index contributed by atoms with van der Waals surface area (Å²) in [6, 6.07) is 9.19. The molecule has 0 aliphatic heterocycles. The van der Waals surface area contributed by atoms with Crippen molar-refractivity contribution in [3.8, 4) is 0 Å². The number of rotatable bonds is 3. The maximum absolute atomic E-state index is 10.4. The number of aliphatic hydroxyl groups excluding tert-OH is 1. The molecule has 1 N–H and O–H groups in total. The first-order chi connectivity index (χ1) is 8.24. The van der Waals surface area contributed by atoms with Gasteiger partial charge in [-0.15, -0.1) is 0 Å². The first-order valence-electron chi connectivity index (χ1n) is 5.59. The first-order valence-corrected chi connectivity index (χ1v) is 5.97. The molecule has 1 atom stereocenters. The lowest BCUT2D eigenvalue weighted by Gasteiger charge is -2.15. The number of benzene rings is 1. The summed E-state index contributed by atoms with van der Waals surface area (Å²) in [5.41, 5.74) is 2.64. The van der Waals surface area contributed by atoms with Gasteiger partial charge in [0.05, 0.1) is 0 Å². The molecule has 88 valence electrons. The van der Waals surface area contributed by atoms with E-state index in [4.69, 9.17) is 11.6 Å². The minimum Gasteiger partial charge on any atom is -0.384 e. The summed E-state index contributed by atoms with van der Waals surface area (Å²) >= 11 is 6.09. The number of nitrogens with zero attached hydrogens (tertiary/aromatic N) is 1. The van der Waals surface area contributed by atoms with Gasteiger partial charge in [0.1, 0.15) is 6.10 Å². The van der Waals surface area contributed by atoms with Crippen LogP contribution in [0.1, 0.15) is 29.7 Å². The summed E-state index contributed by atoms with van der Waals surface area (Å²) in [6.07, 6.45) is 3.62. The molecule has 0 aliphatic rings. The topological polar surface area (TPSA) is 33.1 Å². The van der Waals surface area contributed by atoms with E-state index < -0.39 is 6.10 Å². The summed E-state index contributed by atoms with van der Waals surface area (Å²) in [4.78, 5) is 4.07. The van der Waals surface area contributed by atoms with Crippen LogP contribution in [0.4, 0.5) is 0 Å². The Labute approximate surface area is 106 Å². The van der Waals surface area contributed by atoms with E-state index in [-0.39, 0.29) is 0 Å². The molecule has 0 saturated carbocycles. The largest absolute Gasteiger partial charge is 0.384 e. The van der Waals surface area contributed by atoms with E-state index in [2.05, 4.69) is 4.98 Å². The quantitative estimate of drug-likeness (QED) is 0.902. The zero-order valence-corrected chi connectivity index (χ0v) is 10.4. The Hall–Kier alpha value is -1.38. The number of hydrogen-bond acceptors (Lipinski definition) is 2. The van der Waals surface area contributed by atoms with Crippen molar-refractivity contribution in [2.75, 3.05) is 0 Å². The zero-order chi connectivity index (χ0) is 12.3. The number of pyridine rings is 1. The summed E-state index contributed by atoms with van der Waals surface area (Å²) in [5, 5.41) is 11.0. The van der Waals surface area contributed by atoms with Gasteiger partial charge in [-0.25, -0.2) is 0 Å². The van der Waals surface area contributed by atoms with Gasteiger partial charge in [-0.1, -0.05) is 36.7 Å². The third-order valence-electron chi connectivity index (χ3n) is 2.82. The van der Waals surface area contributed by atoms with E-state index in [1.165, 1.54) is 0 Å². The average molecular weight is 248 g/mol. The Morgan fingerprint density at radius 2 is 2.00 bits per heavy atom. The normalized spacial score (nSPS) is 12.4. The molecule has 3 heteroatoms. The molecule has 0 bridgehead atoms. The van der Waals surface area contributed by atoms with Crippen LogP contribution in [0.15, 0.2) is 42.7 Å². The van der Waals surface area contributed by atoms with Crippen LogP contribution in [-0.2, 0) is 6.42 Å². The van der Waals surface area contributed by atoms with Crippen molar-refractivity contribution in [3.05, 3.63) is 64.4 Å². The molecule has 1 aromatic carbocycles. The number of aromatic nitrogens is 1. The van der Waals surface area contributed by atoms with E-state index in [0.717, 1.165) is 23.1 Å². The van der Waals surface area contributed by atoms with E-state index in [0.29, 0.717) is 5.02 Å². The maximum atomic E-state index is 10.4. The van der Waals surface area contributed by atoms with Gasteiger partial charge in [-0.05, 0) is 29.7 Å². The predicted octanol–water partition coefficient (Wildman–Crippen LogP) is 3.38. The van der Waals surface area contributed by atoms with Crippen molar-refractivity contribution < 1.29 is 5.11 Å². The van der Waals surface area contributed by atoms with Crippen LogP contribution in [-0.4, -0.2) is 10.1 Å². The van der Waals surface area contributed by atoms with Gasteiger partial charge in [0.25, 0.3) is 0 Å². The summed E-state index contributed by atoms with van der Waals surface area (Å²) < 4.78 is 0. The van der Waals surface area contributed by atoms with Crippen molar-refractivity contribution >= 4 is 11.6 Å². The number of hydrogen-bond donors (Lipinski definition) is 1. The van der Waals surface area contributed by atoms with Crippen LogP contribution in [0, 0.1) is 0 Å². The molecular weight excluding hydrogens is 234 g/mol. The van der Waals surface area contributed by atoms with Gasteiger partial charge in [-0.3, -0.25) is 4.98 Å². The Balaban J connectivity index is 2.44. The molecule has 0 amide bonds. The summed E-state index contributed by atoms with van der Waals surface area (Å²) in [7, 11) is 0. The van der Waals surface area contributed by atoms with Crippen molar-refractivity contribution in [2.24, 2.45) is 0 Å². The SMILES string of the molecule is CCc1cnccc1C(O)c1ccccc1Cl. The zero-order valence-electron chi connectivity index (χ0n) is 9.60. The Kier molecular flexibility index (Phi) is 3.77. The van der Waals surface area contributed by atoms with Crippen LogP contribution in [0.2, 0.25) is 5.02 Å². The van der Waals surface area contributed by atoms with Gasteiger partial charge < -0.3 is 5.11 Å². The highest BCUT2D eigenvalue weighted by Crippen LogP contribution is 2.29. The van der Waals surface area contributed by atoms with Gasteiger partial charge in [0, 0.05) is 23.0 Å². The van der Waals surface area contributed by atoms with E-state index in [9.17, 15) is 5.11 Å². The fraction of sp³-hybridized carbons (Fsp3) is 0.214. The minimum absolute atomic E-state index is 0.582. The van der Waals surface area contributed by atoms with Crippen LogP contribution >= 0.6 is 11.6 Å². The average Bonchev–Trinajstić information content (AvgIpc) is 2.38. The molecule has 17 heavy (non-hydrogen) atoms. The molecule has 0 fully saturated rings. The highest BCUT2D eigenvalue weighted by molar-refractivity contribution is 6.31. The van der Waals surface area contributed by atoms with Crippen molar-refractivity contribution in [3.63, 3.8) is 0 Å². The van der Waals surface area contributed by atoms with Crippen molar-refractivity contribution in [1.29, 1.82) is 0 Å². The lowest BCUT2D eigenvalue weighted by Crippen LogP contribution is -2.04. The lowest BCUT2D eigenvalue weighted by atomic mass is 9.97. The van der Waals surface area contributed by atoms with Crippen LogP contribution in [0.5, 0.6) is 0 Å². The number of halogens is 1. The molecule has 0 spiro atoms. The maximum Gasteiger partial charge on any atom is 0.106 e. The molecule has 0 saturated heterocycles. The van der Waals surface area contributed by atoms with E-state index >= 15 is 0 Å². The fourth-order valence-corrected chi connectivity index (χ4v) is 2.10. The van der Waals surface area contributed by atoms with E-state index in [1.807, 2.05) is 31.2 Å². The summed E-state index contributed by atoms with van der Waals surface area (Å²) in [5.74, 6) is 0. The lowest BCUT2D eigenvalue weighted by molar-refractivity contribution is 0.219. The number of aryl methyl sites for hydroxylation is 1. The molecule has 0 radical (unpaired) electrons. The first kappa shape index (κ1) is 12.1. The Morgan fingerprint density at radius 3 is 2.71 bits per heavy atom.